The molecule has 8 nitrogen and oxygen atoms in total. The Bertz CT molecular complexity index is 788. The Balaban J connectivity index is 1.63. The zero-order valence-corrected chi connectivity index (χ0v) is 11.6. The maximum atomic E-state index is 12.2. The van der Waals surface area contributed by atoms with E-state index < -0.39 is 5.69 Å². The number of ether oxygens (including phenoxy) is 1. The van der Waals surface area contributed by atoms with Crippen LogP contribution in [0.15, 0.2) is 29.3 Å². The molecule has 0 aromatic carbocycles. The van der Waals surface area contributed by atoms with Gasteiger partial charge in [-0.15, -0.1) is 0 Å². The minimum absolute atomic E-state index is 0.184. The fourth-order valence-electron chi connectivity index (χ4n) is 2.34. The highest BCUT2D eigenvalue weighted by Crippen LogP contribution is 2.18. The standard InChI is InChI=1S/C14H13N5O3/c15-6-9-1-3-16-12(5-9)22-10-2-4-19(8-10)13(20)11-7-17-14(21)18-11/h1,3,5,7,10H,2,4,8H2,(H2,17,18,21). The number of hydrogen-bond donors (Lipinski definition) is 2. The molecule has 22 heavy (non-hydrogen) atoms. The lowest BCUT2D eigenvalue weighted by molar-refractivity contribution is 0.0766. The van der Waals surface area contributed by atoms with Crippen molar-refractivity contribution in [2.75, 3.05) is 13.1 Å². The summed E-state index contributed by atoms with van der Waals surface area (Å²) in [7, 11) is 0. The number of carbonyl (C=O) groups excluding carboxylic acids is 1. The molecule has 2 N–H and O–H groups in total. The molecular weight excluding hydrogens is 286 g/mol. The Morgan fingerprint density at radius 2 is 2.41 bits per heavy atom. The summed E-state index contributed by atoms with van der Waals surface area (Å²) in [6.07, 6.45) is 3.35. The van der Waals surface area contributed by atoms with Crippen LogP contribution in [-0.4, -0.2) is 45.0 Å². The van der Waals surface area contributed by atoms with E-state index in [1.54, 1.807) is 17.0 Å². The number of H-pyrrole nitrogens is 2. The summed E-state index contributed by atoms with van der Waals surface area (Å²) in [6, 6.07) is 5.18. The first-order chi connectivity index (χ1) is 10.7. The fraction of sp³-hybridized carbons (Fsp3) is 0.286. The maximum Gasteiger partial charge on any atom is 0.323 e. The molecule has 2 aromatic heterocycles. The molecule has 0 bridgehead atoms. The average Bonchev–Trinajstić information content (AvgIpc) is 3.16. The van der Waals surface area contributed by atoms with E-state index in [0.717, 1.165) is 0 Å². The number of imidazole rings is 1. The van der Waals surface area contributed by atoms with Crippen LogP contribution in [0.25, 0.3) is 0 Å². The average molecular weight is 299 g/mol. The van der Waals surface area contributed by atoms with E-state index in [1.807, 2.05) is 6.07 Å². The number of hydrogen-bond acceptors (Lipinski definition) is 5. The number of pyridine rings is 1. The van der Waals surface area contributed by atoms with Crippen LogP contribution >= 0.6 is 0 Å². The molecule has 112 valence electrons. The lowest BCUT2D eigenvalue weighted by Crippen LogP contribution is -2.31. The summed E-state index contributed by atoms with van der Waals surface area (Å²) in [6.45, 7) is 0.944. The van der Waals surface area contributed by atoms with E-state index in [2.05, 4.69) is 15.0 Å². The minimum Gasteiger partial charge on any atom is -0.472 e. The summed E-state index contributed by atoms with van der Waals surface area (Å²) in [5, 5.41) is 8.85. The zero-order valence-electron chi connectivity index (χ0n) is 11.6. The van der Waals surface area contributed by atoms with Gasteiger partial charge in [-0.05, 0) is 6.07 Å². The van der Waals surface area contributed by atoms with Crippen molar-refractivity contribution in [3.05, 3.63) is 46.3 Å². The van der Waals surface area contributed by atoms with Gasteiger partial charge in [0.05, 0.1) is 18.2 Å². The predicted octanol–water partition coefficient (Wildman–Crippen LogP) is 0.263. The fourth-order valence-corrected chi connectivity index (χ4v) is 2.34. The van der Waals surface area contributed by atoms with Gasteiger partial charge in [0, 0.05) is 31.4 Å². The highest BCUT2D eigenvalue weighted by molar-refractivity contribution is 5.92. The summed E-state index contributed by atoms with van der Waals surface area (Å²) in [5.41, 5.74) is 0.295. The van der Waals surface area contributed by atoms with Gasteiger partial charge in [-0.1, -0.05) is 0 Å². The highest BCUT2D eigenvalue weighted by atomic mass is 16.5. The van der Waals surface area contributed by atoms with Crippen molar-refractivity contribution in [3.8, 4) is 11.9 Å². The second kappa shape index (κ2) is 5.73. The molecular formula is C14H13N5O3. The van der Waals surface area contributed by atoms with Gasteiger partial charge in [0.15, 0.2) is 0 Å². The largest absolute Gasteiger partial charge is 0.472 e. The number of carbonyl (C=O) groups is 1. The van der Waals surface area contributed by atoms with Crippen LogP contribution in [0.4, 0.5) is 0 Å². The number of rotatable bonds is 3. The monoisotopic (exact) mass is 299 g/mol. The molecule has 0 aliphatic carbocycles. The topological polar surface area (TPSA) is 115 Å². The lowest BCUT2D eigenvalue weighted by Gasteiger charge is -2.16. The Hall–Kier alpha value is -3.08. The molecule has 1 aliphatic heterocycles. The number of nitrogens with one attached hydrogen (secondary N) is 2. The minimum atomic E-state index is -0.409. The zero-order chi connectivity index (χ0) is 15.5. The first-order valence-corrected chi connectivity index (χ1v) is 6.75. The molecule has 1 atom stereocenters. The molecule has 1 aliphatic rings. The Kier molecular flexibility index (Phi) is 3.62. The van der Waals surface area contributed by atoms with Crippen LogP contribution in [0.2, 0.25) is 0 Å². The van der Waals surface area contributed by atoms with Crippen LogP contribution in [0.1, 0.15) is 22.5 Å². The molecule has 8 heteroatoms. The quantitative estimate of drug-likeness (QED) is 0.843. The van der Waals surface area contributed by atoms with Gasteiger partial charge in [-0.25, -0.2) is 9.78 Å². The number of aromatic amines is 2. The van der Waals surface area contributed by atoms with Crippen molar-refractivity contribution in [1.82, 2.24) is 19.9 Å². The number of likely N-dealkylation sites (tertiary alicyclic amines) is 1. The third-order valence-electron chi connectivity index (χ3n) is 3.41. The van der Waals surface area contributed by atoms with Crippen LogP contribution in [0.3, 0.4) is 0 Å². The maximum absolute atomic E-state index is 12.2. The van der Waals surface area contributed by atoms with Crippen molar-refractivity contribution in [3.63, 3.8) is 0 Å². The van der Waals surface area contributed by atoms with E-state index in [4.69, 9.17) is 10.00 Å². The van der Waals surface area contributed by atoms with Crippen molar-refractivity contribution in [2.24, 2.45) is 0 Å². The molecule has 1 saturated heterocycles. The van der Waals surface area contributed by atoms with Crippen molar-refractivity contribution in [2.45, 2.75) is 12.5 Å². The van der Waals surface area contributed by atoms with Crippen LogP contribution < -0.4 is 10.4 Å². The van der Waals surface area contributed by atoms with Crippen molar-refractivity contribution in [1.29, 1.82) is 5.26 Å². The van der Waals surface area contributed by atoms with Crippen LogP contribution in [0, 0.1) is 11.3 Å². The Labute approximate surface area is 125 Å². The summed E-state index contributed by atoms with van der Waals surface area (Å²) < 4.78 is 5.70. The first kappa shape index (κ1) is 13.9. The third-order valence-corrected chi connectivity index (χ3v) is 3.41. The van der Waals surface area contributed by atoms with Gasteiger partial charge in [-0.2, -0.15) is 5.26 Å². The van der Waals surface area contributed by atoms with Crippen LogP contribution in [-0.2, 0) is 0 Å². The number of amides is 1. The smallest absolute Gasteiger partial charge is 0.323 e. The molecule has 0 radical (unpaired) electrons. The second-order valence-electron chi connectivity index (χ2n) is 4.93. The molecule has 1 amide bonds. The van der Waals surface area contributed by atoms with E-state index in [9.17, 15) is 9.59 Å². The summed E-state index contributed by atoms with van der Waals surface area (Å²) in [4.78, 5) is 33.7. The molecule has 2 aromatic rings. The highest BCUT2D eigenvalue weighted by Gasteiger charge is 2.29. The Morgan fingerprint density at radius 3 is 3.14 bits per heavy atom. The van der Waals surface area contributed by atoms with E-state index in [0.29, 0.717) is 31.0 Å². The van der Waals surface area contributed by atoms with E-state index in [-0.39, 0.29) is 17.7 Å². The lowest BCUT2D eigenvalue weighted by atomic mass is 10.3. The molecule has 3 heterocycles. The third kappa shape index (κ3) is 2.83. The molecule has 1 fully saturated rings. The van der Waals surface area contributed by atoms with Crippen molar-refractivity contribution >= 4 is 5.91 Å². The first-order valence-electron chi connectivity index (χ1n) is 6.75. The summed E-state index contributed by atoms with van der Waals surface area (Å²) >= 11 is 0. The number of aromatic nitrogens is 3. The molecule has 0 spiro atoms. The molecule has 1 unspecified atom stereocenters. The van der Waals surface area contributed by atoms with Gasteiger partial charge in [0.25, 0.3) is 5.91 Å². The molecule has 0 saturated carbocycles. The normalized spacial score (nSPS) is 17.2. The SMILES string of the molecule is N#Cc1ccnc(OC2CCN(C(=O)c3c[nH]c(=O)[nH]3)C2)c1. The van der Waals surface area contributed by atoms with Crippen molar-refractivity contribution < 1.29 is 9.53 Å². The Morgan fingerprint density at radius 1 is 1.55 bits per heavy atom. The summed E-state index contributed by atoms with van der Waals surface area (Å²) in [5.74, 6) is 0.122. The number of nitrogens with zero attached hydrogens (tertiary/aromatic N) is 3. The van der Waals surface area contributed by atoms with Gasteiger partial charge in [-0.3, -0.25) is 4.79 Å². The van der Waals surface area contributed by atoms with Gasteiger partial charge in [0.1, 0.15) is 11.8 Å². The van der Waals surface area contributed by atoms with E-state index >= 15 is 0 Å². The van der Waals surface area contributed by atoms with Gasteiger partial charge < -0.3 is 19.6 Å². The van der Waals surface area contributed by atoms with Crippen LogP contribution in [0.5, 0.6) is 5.88 Å². The number of nitriles is 1. The van der Waals surface area contributed by atoms with E-state index in [1.165, 1.54) is 12.4 Å². The van der Waals surface area contributed by atoms with Gasteiger partial charge >= 0.3 is 5.69 Å². The second-order valence-corrected chi connectivity index (χ2v) is 4.93. The van der Waals surface area contributed by atoms with Gasteiger partial charge in [0.2, 0.25) is 5.88 Å². The molecule has 3 rings (SSSR count). The predicted molar refractivity (Wildman–Crippen MR) is 75.3 cm³/mol.